The number of nitrogens with zero attached hydrogens (tertiary/aromatic N) is 2. The van der Waals surface area contributed by atoms with Gasteiger partial charge in [0.2, 0.25) is 0 Å². The first-order valence-electron chi connectivity index (χ1n) is 6.76. The van der Waals surface area contributed by atoms with Crippen LogP contribution in [-0.4, -0.2) is 16.5 Å². The van der Waals surface area contributed by atoms with Gasteiger partial charge in [-0.1, -0.05) is 24.6 Å². The first kappa shape index (κ1) is 13.5. The largest absolute Gasteiger partial charge is 0.370 e. The van der Waals surface area contributed by atoms with E-state index in [0.29, 0.717) is 0 Å². The molecular weight excluding hydrogens is 234 g/mol. The van der Waals surface area contributed by atoms with Crippen molar-refractivity contribution < 1.29 is 0 Å². The number of rotatable bonds is 4. The highest BCUT2D eigenvalue weighted by Crippen LogP contribution is 2.27. The van der Waals surface area contributed by atoms with Gasteiger partial charge in [0, 0.05) is 18.2 Å². The van der Waals surface area contributed by atoms with Crippen LogP contribution < -0.4 is 5.32 Å². The Bertz CT molecular complexity index is 553. The second-order valence-corrected chi connectivity index (χ2v) is 4.99. The molecule has 1 aromatic heterocycles. The molecule has 1 N–H and O–H groups in total. The summed E-state index contributed by atoms with van der Waals surface area (Å²) in [6, 6.07) is 6.42. The van der Waals surface area contributed by atoms with E-state index in [0.717, 1.165) is 24.5 Å². The third-order valence-electron chi connectivity index (χ3n) is 3.16. The van der Waals surface area contributed by atoms with Crippen LogP contribution in [0.3, 0.4) is 0 Å². The van der Waals surface area contributed by atoms with Crippen molar-refractivity contribution in [1.82, 2.24) is 9.97 Å². The van der Waals surface area contributed by atoms with Gasteiger partial charge < -0.3 is 5.32 Å². The minimum Gasteiger partial charge on any atom is -0.370 e. The molecule has 1 aromatic carbocycles. The molecule has 0 aliphatic heterocycles. The quantitative estimate of drug-likeness (QED) is 0.900. The lowest BCUT2D eigenvalue weighted by atomic mass is 9.97. The van der Waals surface area contributed by atoms with Crippen molar-refractivity contribution in [3.05, 3.63) is 41.2 Å². The van der Waals surface area contributed by atoms with Gasteiger partial charge in [0.25, 0.3) is 0 Å². The highest BCUT2D eigenvalue weighted by atomic mass is 15.0. The van der Waals surface area contributed by atoms with Gasteiger partial charge in [-0.3, -0.25) is 0 Å². The van der Waals surface area contributed by atoms with Crippen LogP contribution in [0.5, 0.6) is 0 Å². The highest BCUT2D eigenvalue weighted by molar-refractivity contribution is 5.69. The summed E-state index contributed by atoms with van der Waals surface area (Å²) in [5.41, 5.74) is 6.02. The molecule has 100 valence electrons. The average Bonchev–Trinajstić information content (AvgIpc) is 2.35. The van der Waals surface area contributed by atoms with Gasteiger partial charge in [-0.25, -0.2) is 9.97 Å². The molecule has 0 saturated heterocycles. The van der Waals surface area contributed by atoms with Crippen molar-refractivity contribution in [2.45, 2.75) is 34.1 Å². The number of benzene rings is 1. The SMILES string of the molecule is CCCNc1cc(-c2c(C)cc(C)cc2C)ncn1. The molecular formula is C16H21N3. The fourth-order valence-corrected chi connectivity index (χ4v) is 2.43. The van der Waals surface area contributed by atoms with Gasteiger partial charge in [-0.2, -0.15) is 0 Å². The Labute approximate surface area is 115 Å². The molecule has 0 radical (unpaired) electrons. The minimum absolute atomic E-state index is 0.895. The van der Waals surface area contributed by atoms with Crippen molar-refractivity contribution >= 4 is 5.82 Å². The lowest BCUT2D eigenvalue weighted by molar-refractivity contribution is 0.965. The molecule has 0 fully saturated rings. The average molecular weight is 255 g/mol. The molecule has 1 heterocycles. The molecule has 0 amide bonds. The maximum Gasteiger partial charge on any atom is 0.129 e. The summed E-state index contributed by atoms with van der Waals surface area (Å²) in [6.45, 7) is 9.47. The van der Waals surface area contributed by atoms with Gasteiger partial charge in [-0.05, 0) is 38.3 Å². The molecule has 3 nitrogen and oxygen atoms in total. The van der Waals surface area contributed by atoms with E-state index in [1.807, 2.05) is 6.07 Å². The van der Waals surface area contributed by atoms with E-state index in [-0.39, 0.29) is 0 Å². The number of hydrogen-bond acceptors (Lipinski definition) is 3. The smallest absolute Gasteiger partial charge is 0.129 e. The Morgan fingerprint density at radius 2 is 1.68 bits per heavy atom. The number of aryl methyl sites for hydroxylation is 3. The maximum absolute atomic E-state index is 4.42. The number of anilines is 1. The Morgan fingerprint density at radius 1 is 1.00 bits per heavy atom. The molecule has 2 rings (SSSR count). The highest BCUT2D eigenvalue weighted by Gasteiger charge is 2.09. The molecule has 0 aliphatic rings. The topological polar surface area (TPSA) is 37.8 Å². The van der Waals surface area contributed by atoms with E-state index in [4.69, 9.17) is 0 Å². The molecule has 2 aromatic rings. The maximum atomic E-state index is 4.42. The van der Waals surface area contributed by atoms with Crippen LogP contribution in [0.4, 0.5) is 5.82 Å². The molecule has 0 unspecified atom stereocenters. The molecule has 19 heavy (non-hydrogen) atoms. The third-order valence-corrected chi connectivity index (χ3v) is 3.16. The summed E-state index contributed by atoms with van der Waals surface area (Å²) in [5, 5.41) is 3.30. The number of aromatic nitrogens is 2. The lowest BCUT2D eigenvalue weighted by Gasteiger charge is -2.12. The minimum atomic E-state index is 0.895. The zero-order valence-electron chi connectivity index (χ0n) is 12.1. The van der Waals surface area contributed by atoms with Crippen LogP contribution in [0, 0.1) is 20.8 Å². The van der Waals surface area contributed by atoms with Crippen LogP contribution in [0.1, 0.15) is 30.0 Å². The second-order valence-electron chi connectivity index (χ2n) is 4.99. The Morgan fingerprint density at radius 3 is 2.32 bits per heavy atom. The monoisotopic (exact) mass is 255 g/mol. The van der Waals surface area contributed by atoms with E-state index < -0.39 is 0 Å². The van der Waals surface area contributed by atoms with Crippen molar-refractivity contribution in [3.8, 4) is 11.3 Å². The van der Waals surface area contributed by atoms with Crippen LogP contribution in [-0.2, 0) is 0 Å². The van der Waals surface area contributed by atoms with Gasteiger partial charge in [0.05, 0.1) is 5.69 Å². The third kappa shape index (κ3) is 3.11. The Balaban J connectivity index is 2.42. The number of hydrogen-bond donors (Lipinski definition) is 1. The van der Waals surface area contributed by atoms with E-state index in [1.54, 1.807) is 6.33 Å². The van der Waals surface area contributed by atoms with Crippen molar-refractivity contribution in [1.29, 1.82) is 0 Å². The standard InChI is InChI=1S/C16H21N3/c1-5-6-17-15-9-14(18-10-19-15)16-12(3)7-11(2)8-13(16)4/h7-10H,5-6H2,1-4H3,(H,17,18,19). The predicted molar refractivity (Wildman–Crippen MR) is 80.5 cm³/mol. The summed E-state index contributed by atoms with van der Waals surface area (Å²) in [6.07, 6.45) is 2.72. The Hall–Kier alpha value is -1.90. The Kier molecular flexibility index (Phi) is 4.15. The second kappa shape index (κ2) is 5.83. The van der Waals surface area contributed by atoms with Gasteiger partial charge >= 0.3 is 0 Å². The fraction of sp³-hybridized carbons (Fsp3) is 0.375. The van der Waals surface area contributed by atoms with E-state index in [1.165, 1.54) is 22.3 Å². The van der Waals surface area contributed by atoms with Crippen LogP contribution in [0.15, 0.2) is 24.5 Å². The van der Waals surface area contributed by atoms with E-state index in [2.05, 4.69) is 55.1 Å². The first-order chi connectivity index (χ1) is 9.11. The van der Waals surface area contributed by atoms with E-state index in [9.17, 15) is 0 Å². The lowest BCUT2D eigenvalue weighted by Crippen LogP contribution is -2.03. The summed E-state index contributed by atoms with van der Waals surface area (Å²) in [7, 11) is 0. The van der Waals surface area contributed by atoms with Crippen LogP contribution in [0.25, 0.3) is 11.3 Å². The molecule has 0 bridgehead atoms. The predicted octanol–water partition coefficient (Wildman–Crippen LogP) is 3.89. The van der Waals surface area contributed by atoms with Gasteiger partial charge in [-0.15, -0.1) is 0 Å². The zero-order valence-corrected chi connectivity index (χ0v) is 12.1. The summed E-state index contributed by atoms with van der Waals surface area (Å²) in [4.78, 5) is 8.68. The summed E-state index contributed by atoms with van der Waals surface area (Å²) < 4.78 is 0. The summed E-state index contributed by atoms with van der Waals surface area (Å²) >= 11 is 0. The van der Waals surface area contributed by atoms with Crippen molar-refractivity contribution in [3.63, 3.8) is 0 Å². The van der Waals surface area contributed by atoms with Gasteiger partial charge in [0.1, 0.15) is 12.1 Å². The van der Waals surface area contributed by atoms with Crippen molar-refractivity contribution in [2.24, 2.45) is 0 Å². The molecule has 0 saturated carbocycles. The zero-order chi connectivity index (χ0) is 13.8. The molecule has 3 heteroatoms. The fourth-order valence-electron chi connectivity index (χ4n) is 2.43. The van der Waals surface area contributed by atoms with Crippen LogP contribution >= 0.6 is 0 Å². The normalized spacial score (nSPS) is 10.5. The molecule has 0 spiro atoms. The first-order valence-corrected chi connectivity index (χ1v) is 6.76. The van der Waals surface area contributed by atoms with Crippen LogP contribution in [0.2, 0.25) is 0 Å². The van der Waals surface area contributed by atoms with Gasteiger partial charge in [0.15, 0.2) is 0 Å². The molecule has 0 aliphatic carbocycles. The van der Waals surface area contributed by atoms with Crippen molar-refractivity contribution in [2.75, 3.05) is 11.9 Å². The number of nitrogens with one attached hydrogen (secondary N) is 1. The molecule has 0 atom stereocenters. The summed E-state index contributed by atoms with van der Waals surface area (Å²) in [5.74, 6) is 0.895. The van der Waals surface area contributed by atoms with E-state index >= 15 is 0 Å².